The van der Waals surface area contributed by atoms with E-state index in [0.29, 0.717) is 19.3 Å². The fraction of sp³-hybridized carbons (Fsp3) is 0.759. The number of carbonyl (C=O) groups excluding carboxylic acids is 3. The number of rotatable bonds is 45. The summed E-state index contributed by atoms with van der Waals surface area (Å²) in [5, 5.41) is 0. The maximum Gasteiger partial charge on any atom is 0.306 e. The van der Waals surface area contributed by atoms with Gasteiger partial charge in [-0.2, -0.15) is 0 Å². The van der Waals surface area contributed by atoms with Gasteiger partial charge in [0.2, 0.25) is 0 Å². The maximum absolute atomic E-state index is 12.8. The summed E-state index contributed by atoms with van der Waals surface area (Å²) in [7, 11) is 0. The van der Waals surface area contributed by atoms with Crippen molar-refractivity contribution >= 4 is 17.9 Å². The number of esters is 3. The molecule has 0 aliphatic rings. The molecule has 6 nitrogen and oxygen atoms in total. The monoisotopic (exact) mass is 839 g/mol. The predicted molar refractivity (Wildman–Crippen MR) is 256 cm³/mol. The Balaban J connectivity index is 4.42. The van der Waals surface area contributed by atoms with Gasteiger partial charge >= 0.3 is 17.9 Å². The van der Waals surface area contributed by atoms with Crippen LogP contribution in [0.2, 0.25) is 0 Å². The lowest BCUT2D eigenvalue weighted by atomic mass is 10.0. The molecular weight excluding hydrogens is 745 g/mol. The van der Waals surface area contributed by atoms with E-state index in [1.54, 1.807) is 0 Å². The van der Waals surface area contributed by atoms with Crippen LogP contribution in [0.4, 0.5) is 0 Å². The van der Waals surface area contributed by atoms with E-state index in [9.17, 15) is 14.4 Å². The number of hydrogen-bond donors (Lipinski definition) is 0. The van der Waals surface area contributed by atoms with Crippen molar-refractivity contribution in [3.05, 3.63) is 60.8 Å². The van der Waals surface area contributed by atoms with Crippen LogP contribution in [-0.2, 0) is 28.6 Å². The van der Waals surface area contributed by atoms with E-state index in [4.69, 9.17) is 14.2 Å². The average Bonchev–Trinajstić information content (AvgIpc) is 3.24. The summed E-state index contributed by atoms with van der Waals surface area (Å²) in [6, 6.07) is 0. The normalized spacial score (nSPS) is 12.5. The number of unbranched alkanes of at least 4 members (excludes halogenated alkanes) is 27. The number of allylic oxidation sites excluding steroid dienone is 10. The van der Waals surface area contributed by atoms with Crippen molar-refractivity contribution in [2.45, 2.75) is 252 Å². The molecule has 60 heavy (non-hydrogen) atoms. The second-order valence-electron chi connectivity index (χ2n) is 16.8. The molecule has 0 aromatic rings. The van der Waals surface area contributed by atoms with Crippen LogP contribution < -0.4 is 0 Å². The minimum Gasteiger partial charge on any atom is -0.462 e. The fourth-order valence-corrected chi connectivity index (χ4v) is 7.04. The number of hydrogen-bond acceptors (Lipinski definition) is 6. The average molecular weight is 839 g/mol. The SMILES string of the molecule is CC/C=C/C=C/C=C/C=C/CCCCCC(=O)OCC(COC(=O)CCCCCCCCC/C=C/CCCCCC)OC(=O)CCCCCCCCCCCCCCCC. The topological polar surface area (TPSA) is 78.9 Å². The second kappa shape index (κ2) is 48.8. The van der Waals surface area contributed by atoms with Gasteiger partial charge in [-0.05, 0) is 64.2 Å². The fourth-order valence-electron chi connectivity index (χ4n) is 7.04. The van der Waals surface area contributed by atoms with Crippen molar-refractivity contribution < 1.29 is 28.6 Å². The molecule has 0 spiro atoms. The van der Waals surface area contributed by atoms with Crippen LogP contribution in [0.25, 0.3) is 0 Å². The highest BCUT2D eigenvalue weighted by molar-refractivity contribution is 5.71. The van der Waals surface area contributed by atoms with E-state index in [-0.39, 0.29) is 31.1 Å². The van der Waals surface area contributed by atoms with E-state index >= 15 is 0 Å². The third-order valence-corrected chi connectivity index (χ3v) is 10.9. The summed E-state index contributed by atoms with van der Waals surface area (Å²) in [6.45, 7) is 6.45. The lowest BCUT2D eigenvalue weighted by Crippen LogP contribution is -2.30. The zero-order valence-corrected chi connectivity index (χ0v) is 39.5. The Hall–Kier alpha value is -2.89. The Morgan fingerprint density at radius 1 is 0.350 bits per heavy atom. The van der Waals surface area contributed by atoms with Crippen molar-refractivity contribution in [1.29, 1.82) is 0 Å². The van der Waals surface area contributed by atoms with E-state index in [1.807, 2.05) is 30.4 Å². The summed E-state index contributed by atoms with van der Waals surface area (Å²) >= 11 is 0. The zero-order chi connectivity index (χ0) is 43.7. The highest BCUT2D eigenvalue weighted by Crippen LogP contribution is 2.15. The molecule has 0 fully saturated rings. The minimum atomic E-state index is -0.788. The van der Waals surface area contributed by atoms with Crippen molar-refractivity contribution in [3.63, 3.8) is 0 Å². The molecule has 0 aromatic carbocycles. The summed E-state index contributed by atoms with van der Waals surface area (Å²) in [4.78, 5) is 37.9. The first-order valence-electron chi connectivity index (χ1n) is 25.3. The number of ether oxygens (including phenoxy) is 3. The minimum absolute atomic E-state index is 0.0875. The quantitative estimate of drug-likeness (QED) is 0.0200. The third kappa shape index (κ3) is 46.2. The smallest absolute Gasteiger partial charge is 0.306 e. The summed E-state index contributed by atoms with van der Waals surface area (Å²) in [5.74, 6) is -0.927. The van der Waals surface area contributed by atoms with Gasteiger partial charge in [-0.25, -0.2) is 0 Å². The Bertz CT molecular complexity index is 1100. The van der Waals surface area contributed by atoms with Crippen molar-refractivity contribution in [2.24, 2.45) is 0 Å². The van der Waals surface area contributed by atoms with Crippen LogP contribution in [0.3, 0.4) is 0 Å². The van der Waals surface area contributed by atoms with Crippen LogP contribution in [-0.4, -0.2) is 37.2 Å². The molecule has 0 radical (unpaired) electrons. The molecule has 0 amide bonds. The van der Waals surface area contributed by atoms with Crippen LogP contribution in [0.15, 0.2) is 60.8 Å². The molecule has 0 aromatic heterocycles. The molecule has 0 aliphatic carbocycles. The summed E-state index contributed by atoms with van der Waals surface area (Å²) < 4.78 is 16.8. The van der Waals surface area contributed by atoms with Gasteiger partial charge in [0.15, 0.2) is 6.10 Å². The van der Waals surface area contributed by atoms with Crippen molar-refractivity contribution in [1.82, 2.24) is 0 Å². The summed E-state index contributed by atoms with van der Waals surface area (Å²) in [6.07, 6.45) is 59.1. The Morgan fingerprint density at radius 2 is 0.667 bits per heavy atom. The highest BCUT2D eigenvalue weighted by atomic mass is 16.6. The van der Waals surface area contributed by atoms with Gasteiger partial charge in [-0.1, -0.05) is 223 Å². The van der Waals surface area contributed by atoms with Crippen molar-refractivity contribution in [3.8, 4) is 0 Å². The van der Waals surface area contributed by atoms with Crippen LogP contribution >= 0.6 is 0 Å². The first-order valence-corrected chi connectivity index (χ1v) is 25.3. The van der Waals surface area contributed by atoms with Gasteiger partial charge in [-0.3, -0.25) is 14.4 Å². The van der Waals surface area contributed by atoms with E-state index in [1.165, 1.54) is 135 Å². The van der Waals surface area contributed by atoms with Crippen LogP contribution in [0, 0.1) is 0 Å². The Morgan fingerprint density at radius 3 is 1.10 bits per heavy atom. The largest absolute Gasteiger partial charge is 0.462 e. The molecule has 1 unspecified atom stereocenters. The first-order chi connectivity index (χ1) is 29.5. The lowest BCUT2D eigenvalue weighted by Gasteiger charge is -2.18. The molecule has 0 rings (SSSR count). The number of carbonyl (C=O) groups is 3. The zero-order valence-electron chi connectivity index (χ0n) is 39.5. The predicted octanol–water partition coefficient (Wildman–Crippen LogP) is 16.5. The van der Waals surface area contributed by atoms with Crippen molar-refractivity contribution in [2.75, 3.05) is 13.2 Å². The standard InChI is InChI=1S/C54H94O6/c1-4-7-10-13-16-19-22-25-27-30-32-35-38-41-44-47-53(56)59-50-51(49-58-52(55)46-43-40-37-34-31-28-24-21-18-15-12-9-6-3)60-54(57)48-45-42-39-36-33-29-26-23-20-17-14-11-8-5-2/h9,12,15,18-19,21-22,24,28,31,51H,4-8,10-11,13-14,16-17,20,23,25-27,29-30,32-50H2,1-3H3/b12-9+,18-15+,22-19+,24-21+,31-28+. The molecular formula is C54H94O6. The van der Waals surface area contributed by atoms with Gasteiger partial charge in [0.25, 0.3) is 0 Å². The third-order valence-electron chi connectivity index (χ3n) is 10.9. The molecule has 0 heterocycles. The molecule has 6 heteroatoms. The van der Waals surface area contributed by atoms with Gasteiger partial charge in [0.1, 0.15) is 13.2 Å². The van der Waals surface area contributed by atoms with E-state index in [2.05, 4.69) is 51.2 Å². The lowest BCUT2D eigenvalue weighted by molar-refractivity contribution is -0.167. The van der Waals surface area contributed by atoms with Gasteiger partial charge in [-0.15, -0.1) is 0 Å². The molecule has 0 saturated heterocycles. The molecule has 0 saturated carbocycles. The molecule has 0 bridgehead atoms. The molecule has 1 atom stereocenters. The van der Waals surface area contributed by atoms with E-state index in [0.717, 1.165) is 70.6 Å². The molecule has 0 aliphatic heterocycles. The van der Waals surface area contributed by atoms with Crippen LogP contribution in [0.1, 0.15) is 245 Å². The Labute approximate surface area is 370 Å². The molecule has 346 valence electrons. The maximum atomic E-state index is 12.8. The van der Waals surface area contributed by atoms with Gasteiger partial charge in [0.05, 0.1) is 0 Å². The molecule has 0 N–H and O–H groups in total. The highest BCUT2D eigenvalue weighted by Gasteiger charge is 2.19. The Kier molecular flexibility index (Phi) is 46.4. The van der Waals surface area contributed by atoms with Gasteiger partial charge < -0.3 is 14.2 Å². The summed E-state index contributed by atoms with van der Waals surface area (Å²) in [5.41, 5.74) is 0. The van der Waals surface area contributed by atoms with E-state index < -0.39 is 6.10 Å². The van der Waals surface area contributed by atoms with Gasteiger partial charge in [0, 0.05) is 19.3 Å². The van der Waals surface area contributed by atoms with Crippen LogP contribution in [0.5, 0.6) is 0 Å². The second-order valence-corrected chi connectivity index (χ2v) is 16.8. The first kappa shape index (κ1) is 57.1.